The molecule has 1 aliphatic heterocycles. The van der Waals surface area contributed by atoms with E-state index in [2.05, 4.69) is 35.3 Å². The number of rotatable bonds is 3. The second-order valence-electron chi connectivity index (χ2n) is 4.35. The molecule has 0 radical (unpaired) electrons. The van der Waals surface area contributed by atoms with E-state index in [1.165, 1.54) is 16.8 Å². The topological polar surface area (TPSA) is 32.3 Å². The van der Waals surface area contributed by atoms with Crippen molar-refractivity contribution in [2.45, 2.75) is 20.3 Å². The fourth-order valence-electron chi connectivity index (χ4n) is 2.15. The van der Waals surface area contributed by atoms with Crippen molar-refractivity contribution >= 4 is 11.6 Å². The number of carbonyl (C=O) groups excluding carboxylic acids is 1. The third-order valence-electron chi connectivity index (χ3n) is 2.99. The van der Waals surface area contributed by atoms with Gasteiger partial charge in [-0.2, -0.15) is 0 Å². The maximum atomic E-state index is 10.8. The third-order valence-corrected chi connectivity index (χ3v) is 2.99. The molecule has 0 spiro atoms. The summed E-state index contributed by atoms with van der Waals surface area (Å²) in [6.45, 7) is 6.36. The minimum Gasteiger partial charge on any atom is -0.369 e. The molecule has 0 fully saturated rings. The van der Waals surface area contributed by atoms with Gasteiger partial charge in [-0.1, -0.05) is 12.1 Å². The zero-order chi connectivity index (χ0) is 11.5. The van der Waals surface area contributed by atoms with Crippen molar-refractivity contribution in [2.24, 2.45) is 0 Å². The standard InChI is InChI=1S/C13H18N2O/c1-10-3-4-12-5-7-15(13(12)9-10)8-6-14-11(2)16/h3-4,9H,5-8H2,1-2H3,(H,14,16). The molecule has 1 aromatic carbocycles. The summed E-state index contributed by atoms with van der Waals surface area (Å²) < 4.78 is 0. The number of aryl methyl sites for hydroxylation is 1. The van der Waals surface area contributed by atoms with Crippen LogP contribution in [0.1, 0.15) is 18.1 Å². The van der Waals surface area contributed by atoms with Crippen LogP contribution < -0.4 is 10.2 Å². The molecule has 0 atom stereocenters. The summed E-state index contributed by atoms with van der Waals surface area (Å²) >= 11 is 0. The summed E-state index contributed by atoms with van der Waals surface area (Å²) in [5, 5.41) is 2.84. The number of carbonyl (C=O) groups is 1. The highest BCUT2D eigenvalue weighted by atomic mass is 16.1. The van der Waals surface area contributed by atoms with Gasteiger partial charge in [-0.25, -0.2) is 0 Å². The lowest BCUT2D eigenvalue weighted by Gasteiger charge is -2.19. The number of nitrogens with zero attached hydrogens (tertiary/aromatic N) is 1. The molecule has 2 rings (SSSR count). The Labute approximate surface area is 96.5 Å². The van der Waals surface area contributed by atoms with E-state index in [-0.39, 0.29) is 5.91 Å². The number of anilines is 1. The van der Waals surface area contributed by atoms with Crippen LogP contribution in [0.25, 0.3) is 0 Å². The van der Waals surface area contributed by atoms with E-state index >= 15 is 0 Å². The Bertz CT molecular complexity index is 401. The number of hydrogen-bond acceptors (Lipinski definition) is 2. The van der Waals surface area contributed by atoms with Gasteiger partial charge in [0, 0.05) is 32.2 Å². The molecule has 1 aromatic rings. The van der Waals surface area contributed by atoms with Crippen LogP contribution in [0.2, 0.25) is 0 Å². The highest BCUT2D eigenvalue weighted by Crippen LogP contribution is 2.28. The zero-order valence-electron chi connectivity index (χ0n) is 9.92. The Morgan fingerprint density at radius 3 is 3.06 bits per heavy atom. The minimum atomic E-state index is 0.0451. The van der Waals surface area contributed by atoms with Crippen LogP contribution in [0.15, 0.2) is 18.2 Å². The van der Waals surface area contributed by atoms with E-state index in [1.54, 1.807) is 6.92 Å². The molecular formula is C13H18N2O. The summed E-state index contributed by atoms with van der Waals surface area (Å²) in [5.74, 6) is 0.0451. The molecular weight excluding hydrogens is 200 g/mol. The van der Waals surface area contributed by atoms with Gasteiger partial charge in [-0.05, 0) is 30.5 Å². The molecule has 3 nitrogen and oxygen atoms in total. The predicted octanol–water partition coefficient (Wildman–Crippen LogP) is 1.49. The van der Waals surface area contributed by atoms with Crippen LogP contribution in [0.5, 0.6) is 0 Å². The maximum absolute atomic E-state index is 10.8. The van der Waals surface area contributed by atoms with Crippen molar-refractivity contribution < 1.29 is 4.79 Å². The van der Waals surface area contributed by atoms with E-state index in [0.29, 0.717) is 0 Å². The number of fused-ring (bicyclic) bond motifs is 1. The molecule has 0 bridgehead atoms. The van der Waals surface area contributed by atoms with Crippen LogP contribution in [-0.2, 0) is 11.2 Å². The van der Waals surface area contributed by atoms with Gasteiger partial charge in [0.25, 0.3) is 0 Å². The van der Waals surface area contributed by atoms with Crippen LogP contribution >= 0.6 is 0 Å². The van der Waals surface area contributed by atoms with Gasteiger partial charge < -0.3 is 10.2 Å². The Morgan fingerprint density at radius 2 is 2.31 bits per heavy atom. The van der Waals surface area contributed by atoms with Gasteiger partial charge in [0.15, 0.2) is 0 Å². The van der Waals surface area contributed by atoms with Crippen molar-refractivity contribution in [1.82, 2.24) is 5.32 Å². The average Bonchev–Trinajstić information content (AvgIpc) is 2.60. The Kier molecular flexibility index (Phi) is 3.13. The summed E-state index contributed by atoms with van der Waals surface area (Å²) in [7, 11) is 0. The first kappa shape index (κ1) is 11.0. The monoisotopic (exact) mass is 218 g/mol. The maximum Gasteiger partial charge on any atom is 0.216 e. The minimum absolute atomic E-state index is 0.0451. The quantitative estimate of drug-likeness (QED) is 0.833. The van der Waals surface area contributed by atoms with Gasteiger partial charge in [0.2, 0.25) is 5.91 Å². The van der Waals surface area contributed by atoms with Crippen LogP contribution in [-0.4, -0.2) is 25.5 Å². The summed E-state index contributed by atoms with van der Waals surface area (Å²) in [4.78, 5) is 13.1. The summed E-state index contributed by atoms with van der Waals surface area (Å²) in [6, 6.07) is 6.61. The van der Waals surface area contributed by atoms with Gasteiger partial charge >= 0.3 is 0 Å². The number of amides is 1. The van der Waals surface area contributed by atoms with Crippen molar-refractivity contribution in [3.05, 3.63) is 29.3 Å². The molecule has 16 heavy (non-hydrogen) atoms. The van der Waals surface area contributed by atoms with Gasteiger partial charge in [-0.3, -0.25) is 4.79 Å². The molecule has 0 aliphatic carbocycles. The third kappa shape index (κ3) is 2.35. The highest BCUT2D eigenvalue weighted by Gasteiger charge is 2.18. The molecule has 86 valence electrons. The fraction of sp³-hybridized carbons (Fsp3) is 0.462. The van der Waals surface area contributed by atoms with E-state index in [4.69, 9.17) is 0 Å². The smallest absolute Gasteiger partial charge is 0.216 e. The van der Waals surface area contributed by atoms with Crippen molar-refractivity contribution in [2.75, 3.05) is 24.5 Å². The molecule has 3 heteroatoms. The number of hydrogen-bond donors (Lipinski definition) is 1. The Balaban J connectivity index is 2.00. The average molecular weight is 218 g/mol. The van der Waals surface area contributed by atoms with Crippen LogP contribution in [0.3, 0.4) is 0 Å². The first-order valence-electron chi connectivity index (χ1n) is 5.76. The van der Waals surface area contributed by atoms with E-state index in [9.17, 15) is 4.79 Å². The number of benzene rings is 1. The van der Waals surface area contributed by atoms with Gasteiger partial charge in [0.1, 0.15) is 0 Å². The van der Waals surface area contributed by atoms with E-state index < -0.39 is 0 Å². The molecule has 0 saturated carbocycles. The van der Waals surface area contributed by atoms with Crippen molar-refractivity contribution in [3.8, 4) is 0 Å². The summed E-state index contributed by atoms with van der Waals surface area (Å²) in [5.41, 5.74) is 4.06. The molecule has 0 saturated heterocycles. The summed E-state index contributed by atoms with van der Waals surface area (Å²) in [6.07, 6.45) is 1.12. The van der Waals surface area contributed by atoms with Crippen LogP contribution in [0, 0.1) is 6.92 Å². The molecule has 0 aromatic heterocycles. The Morgan fingerprint density at radius 1 is 1.50 bits per heavy atom. The van der Waals surface area contributed by atoms with Crippen LogP contribution in [0.4, 0.5) is 5.69 Å². The first-order valence-corrected chi connectivity index (χ1v) is 5.76. The predicted molar refractivity (Wildman–Crippen MR) is 65.8 cm³/mol. The fourth-order valence-corrected chi connectivity index (χ4v) is 2.15. The zero-order valence-corrected chi connectivity index (χ0v) is 9.92. The first-order chi connectivity index (χ1) is 7.66. The second kappa shape index (κ2) is 4.56. The SMILES string of the molecule is CC(=O)NCCN1CCc2ccc(C)cc21. The Hall–Kier alpha value is -1.51. The van der Waals surface area contributed by atoms with E-state index in [1.807, 2.05) is 0 Å². The van der Waals surface area contributed by atoms with Gasteiger partial charge in [0.05, 0.1) is 0 Å². The molecule has 1 heterocycles. The normalized spacial score (nSPS) is 13.8. The van der Waals surface area contributed by atoms with E-state index in [0.717, 1.165) is 26.1 Å². The highest BCUT2D eigenvalue weighted by molar-refractivity contribution is 5.72. The second-order valence-corrected chi connectivity index (χ2v) is 4.35. The molecule has 1 N–H and O–H groups in total. The lowest BCUT2D eigenvalue weighted by molar-refractivity contribution is -0.118. The molecule has 0 unspecified atom stereocenters. The molecule has 1 amide bonds. The largest absolute Gasteiger partial charge is 0.369 e. The van der Waals surface area contributed by atoms with Crippen molar-refractivity contribution in [3.63, 3.8) is 0 Å². The molecule has 1 aliphatic rings. The number of nitrogens with one attached hydrogen (secondary N) is 1. The van der Waals surface area contributed by atoms with Gasteiger partial charge in [-0.15, -0.1) is 0 Å². The lowest BCUT2D eigenvalue weighted by atomic mass is 10.1. The van der Waals surface area contributed by atoms with Crippen molar-refractivity contribution in [1.29, 1.82) is 0 Å². The lowest BCUT2D eigenvalue weighted by Crippen LogP contribution is -2.32.